The summed E-state index contributed by atoms with van der Waals surface area (Å²) < 4.78 is 26.4. The van der Waals surface area contributed by atoms with E-state index in [0.29, 0.717) is 18.7 Å². The van der Waals surface area contributed by atoms with Gasteiger partial charge in [0.1, 0.15) is 0 Å². The van der Waals surface area contributed by atoms with E-state index in [1.165, 1.54) is 18.2 Å². The minimum absolute atomic E-state index is 0.00452. The third kappa shape index (κ3) is 3.69. The fourth-order valence-electron chi connectivity index (χ4n) is 2.20. The molecule has 1 aliphatic heterocycles. The number of amides is 1. The number of rotatable bonds is 5. The lowest BCUT2D eigenvalue weighted by atomic mass is 10.2. The first-order valence-corrected chi connectivity index (χ1v) is 8.18. The van der Waals surface area contributed by atoms with Crippen LogP contribution in [0.15, 0.2) is 41.8 Å². The average molecular weight is 309 g/mol. The van der Waals surface area contributed by atoms with E-state index >= 15 is 0 Å². The van der Waals surface area contributed by atoms with Gasteiger partial charge in [0.05, 0.1) is 4.90 Å². The van der Waals surface area contributed by atoms with E-state index in [0.717, 1.165) is 6.42 Å². The second-order valence-electron chi connectivity index (χ2n) is 4.97. The molecule has 0 unspecified atom stereocenters. The number of likely N-dealkylation sites (tertiary alicyclic amines) is 1. The molecule has 0 aliphatic carbocycles. The summed E-state index contributed by atoms with van der Waals surface area (Å²) in [6.45, 7) is 4.71. The van der Waals surface area contributed by atoms with Crippen LogP contribution in [0, 0.1) is 0 Å². The zero-order chi connectivity index (χ0) is 15.5. The fraction of sp³-hybridized carbons (Fsp3) is 0.357. The van der Waals surface area contributed by atoms with Crippen LogP contribution >= 0.6 is 0 Å². The Morgan fingerprint density at radius 2 is 2.29 bits per heavy atom. The lowest BCUT2D eigenvalue weighted by molar-refractivity contribution is 0.0790. The highest BCUT2D eigenvalue weighted by molar-refractivity contribution is 7.89. The van der Waals surface area contributed by atoms with Gasteiger partial charge in [0.2, 0.25) is 10.0 Å². The predicted molar refractivity (Wildman–Crippen MR) is 80.3 cm³/mol. The predicted octanol–water partition coefficient (Wildman–Crippen LogP) is 0.324. The average Bonchev–Trinajstić information content (AvgIpc) is 2.91. The number of benzene rings is 1. The van der Waals surface area contributed by atoms with Crippen LogP contribution in [-0.4, -0.2) is 44.9 Å². The maximum absolute atomic E-state index is 12.3. The molecule has 2 rings (SSSR count). The second-order valence-corrected chi connectivity index (χ2v) is 6.74. The SMILES string of the molecule is C=CCNS(=O)(=O)c1cccc(C(=O)N2CC[C@@H](N)C2)c1. The van der Waals surface area contributed by atoms with Crippen LogP contribution < -0.4 is 10.5 Å². The van der Waals surface area contributed by atoms with Gasteiger partial charge in [-0.15, -0.1) is 6.58 Å². The van der Waals surface area contributed by atoms with E-state index in [1.54, 1.807) is 17.0 Å². The van der Waals surface area contributed by atoms with Gasteiger partial charge in [-0.05, 0) is 24.6 Å². The summed E-state index contributed by atoms with van der Waals surface area (Å²) in [5.41, 5.74) is 6.14. The lowest BCUT2D eigenvalue weighted by Gasteiger charge is -2.16. The normalized spacial score (nSPS) is 18.7. The molecule has 1 aromatic rings. The summed E-state index contributed by atoms with van der Waals surface area (Å²) in [6.07, 6.45) is 2.22. The Hall–Kier alpha value is -1.70. The van der Waals surface area contributed by atoms with Crippen molar-refractivity contribution in [3.63, 3.8) is 0 Å². The van der Waals surface area contributed by atoms with Gasteiger partial charge in [0, 0.05) is 31.2 Å². The minimum Gasteiger partial charge on any atom is -0.337 e. The molecular formula is C14H19N3O3S. The number of carbonyl (C=O) groups is 1. The van der Waals surface area contributed by atoms with Crippen molar-refractivity contribution in [2.75, 3.05) is 19.6 Å². The van der Waals surface area contributed by atoms with Gasteiger partial charge in [-0.2, -0.15) is 0 Å². The Morgan fingerprint density at radius 3 is 2.90 bits per heavy atom. The molecule has 114 valence electrons. The molecule has 7 heteroatoms. The lowest BCUT2D eigenvalue weighted by Crippen LogP contribution is -2.32. The van der Waals surface area contributed by atoms with Gasteiger partial charge < -0.3 is 10.6 Å². The molecule has 3 N–H and O–H groups in total. The maximum atomic E-state index is 12.3. The van der Waals surface area contributed by atoms with Crippen molar-refractivity contribution >= 4 is 15.9 Å². The third-order valence-electron chi connectivity index (χ3n) is 3.32. The molecule has 1 saturated heterocycles. The largest absolute Gasteiger partial charge is 0.337 e. The zero-order valence-corrected chi connectivity index (χ0v) is 12.5. The smallest absolute Gasteiger partial charge is 0.253 e. The van der Waals surface area contributed by atoms with Gasteiger partial charge in [-0.25, -0.2) is 13.1 Å². The Kier molecular flexibility index (Phi) is 4.76. The van der Waals surface area contributed by atoms with Crippen LogP contribution in [0.5, 0.6) is 0 Å². The molecule has 6 nitrogen and oxygen atoms in total. The van der Waals surface area contributed by atoms with Crippen molar-refractivity contribution in [1.82, 2.24) is 9.62 Å². The number of nitrogens with two attached hydrogens (primary N) is 1. The number of nitrogens with zero attached hydrogens (tertiary/aromatic N) is 1. The number of hydrogen-bond acceptors (Lipinski definition) is 4. The molecule has 1 aromatic carbocycles. The van der Waals surface area contributed by atoms with Crippen molar-refractivity contribution in [1.29, 1.82) is 0 Å². The maximum Gasteiger partial charge on any atom is 0.253 e. The van der Waals surface area contributed by atoms with Crippen LogP contribution in [0.25, 0.3) is 0 Å². The molecule has 21 heavy (non-hydrogen) atoms. The van der Waals surface area contributed by atoms with Gasteiger partial charge in [-0.1, -0.05) is 12.1 Å². The number of nitrogens with one attached hydrogen (secondary N) is 1. The van der Waals surface area contributed by atoms with E-state index in [1.807, 2.05) is 0 Å². The van der Waals surface area contributed by atoms with Crippen LogP contribution in [0.1, 0.15) is 16.8 Å². The summed E-state index contributed by atoms with van der Waals surface area (Å²) in [6, 6.07) is 6.01. The van der Waals surface area contributed by atoms with E-state index in [2.05, 4.69) is 11.3 Å². The van der Waals surface area contributed by atoms with Crippen LogP contribution in [0.2, 0.25) is 0 Å². The van der Waals surface area contributed by atoms with Crippen LogP contribution in [-0.2, 0) is 10.0 Å². The molecule has 1 atom stereocenters. The third-order valence-corrected chi connectivity index (χ3v) is 4.74. The van der Waals surface area contributed by atoms with Gasteiger partial charge in [0.15, 0.2) is 0 Å². The summed E-state index contributed by atoms with van der Waals surface area (Å²) in [5, 5.41) is 0. The minimum atomic E-state index is -3.63. The summed E-state index contributed by atoms with van der Waals surface area (Å²) >= 11 is 0. The quantitative estimate of drug-likeness (QED) is 0.766. The summed E-state index contributed by atoms with van der Waals surface area (Å²) in [5.74, 6) is -0.191. The van der Waals surface area contributed by atoms with E-state index < -0.39 is 10.0 Å². The molecule has 1 amide bonds. The first-order valence-electron chi connectivity index (χ1n) is 6.69. The zero-order valence-electron chi connectivity index (χ0n) is 11.7. The summed E-state index contributed by atoms with van der Waals surface area (Å²) in [4.78, 5) is 14.0. The Labute approximate surface area is 124 Å². The molecule has 1 fully saturated rings. The van der Waals surface area contributed by atoms with Crippen molar-refractivity contribution in [2.24, 2.45) is 5.73 Å². The van der Waals surface area contributed by atoms with Crippen LogP contribution in [0.4, 0.5) is 0 Å². The van der Waals surface area contributed by atoms with Crippen molar-refractivity contribution < 1.29 is 13.2 Å². The van der Waals surface area contributed by atoms with Crippen LogP contribution in [0.3, 0.4) is 0 Å². The van der Waals surface area contributed by atoms with Crippen molar-refractivity contribution in [3.8, 4) is 0 Å². The number of carbonyl (C=O) groups excluding carboxylic acids is 1. The first kappa shape index (κ1) is 15.7. The molecule has 0 radical (unpaired) electrons. The highest BCUT2D eigenvalue weighted by Gasteiger charge is 2.25. The molecule has 1 heterocycles. The van der Waals surface area contributed by atoms with E-state index in [4.69, 9.17) is 5.73 Å². The molecule has 0 saturated carbocycles. The number of hydrogen-bond donors (Lipinski definition) is 2. The van der Waals surface area contributed by atoms with E-state index in [9.17, 15) is 13.2 Å². The first-order chi connectivity index (χ1) is 9.94. The summed E-state index contributed by atoms with van der Waals surface area (Å²) in [7, 11) is -3.63. The van der Waals surface area contributed by atoms with Gasteiger partial charge in [0.25, 0.3) is 5.91 Å². The highest BCUT2D eigenvalue weighted by atomic mass is 32.2. The van der Waals surface area contributed by atoms with Gasteiger partial charge in [-0.3, -0.25) is 4.79 Å². The van der Waals surface area contributed by atoms with Gasteiger partial charge >= 0.3 is 0 Å². The number of sulfonamides is 1. The molecule has 0 spiro atoms. The van der Waals surface area contributed by atoms with Crippen molar-refractivity contribution in [2.45, 2.75) is 17.4 Å². The molecule has 1 aliphatic rings. The standard InChI is InChI=1S/C14H19N3O3S/c1-2-7-16-21(19,20)13-5-3-4-11(9-13)14(18)17-8-6-12(15)10-17/h2-5,9,12,16H,1,6-8,10,15H2/t12-/m1/s1. The molecular weight excluding hydrogens is 290 g/mol. The fourth-order valence-corrected chi connectivity index (χ4v) is 3.25. The van der Waals surface area contributed by atoms with E-state index in [-0.39, 0.29) is 23.4 Å². The Morgan fingerprint density at radius 1 is 1.52 bits per heavy atom. The monoisotopic (exact) mass is 309 g/mol. The Bertz CT molecular complexity index is 643. The molecule has 0 aromatic heterocycles. The second kappa shape index (κ2) is 6.38. The highest BCUT2D eigenvalue weighted by Crippen LogP contribution is 2.16. The van der Waals surface area contributed by atoms with Crippen molar-refractivity contribution in [3.05, 3.63) is 42.5 Å². The topological polar surface area (TPSA) is 92.5 Å². The Balaban J connectivity index is 2.21. The molecule has 0 bridgehead atoms.